The van der Waals surface area contributed by atoms with E-state index in [4.69, 9.17) is 0 Å². The second-order valence-electron chi connectivity index (χ2n) is 5.94. The topological polar surface area (TPSA) is 0 Å². The number of hydrogen-bond donors (Lipinski definition) is 0. The lowest BCUT2D eigenvalue weighted by Gasteiger charge is -2.27. The van der Waals surface area contributed by atoms with Crippen LogP contribution in [0.2, 0.25) is 0 Å². The molecule has 0 atom stereocenters. The van der Waals surface area contributed by atoms with Gasteiger partial charge in [0.2, 0.25) is 0 Å². The summed E-state index contributed by atoms with van der Waals surface area (Å²) in [7, 11) is -0.710. The fraction of sp³-hybridized carbons (Fsp3) is 0.882. The molecule has 0 saturated heterocycles. The molecule has 0 bridgehead atoms. The van der Waals surface area contributed by atoms with Gasteiger partial charge in [-0.1, -0.05) is 61.5 Å². The molecule has 0 aromatic rings. The van der Waals surface area contributed by atoms with Gasteiger partial charge in [0.25, 0.3) is 0 Å². The predicted octanol–water partition coefficient (Wildman–Crippen LogP) is 3.75. The molecule has 0 aromatic carbocycles. The standard InChI is InChI=1S/C17H35BrP.BrH/c1-5-8-12-19(13-9-6-2,14-10-7-3)15-11-17(4)16-18;/h11H,5-10,12-16H2,1-4H3;1H/q+1;/p-1. The van der Waals surface area contributed by atoms with E-state index in [1.54, 1.807) is 0 Å². The maximum absolute atomic E-state index is 3.58. The molecule has 0 aliphatic rings. The first-order valence-electron chi connectivity index (χ1n) is 8.20. The van der Waals surface area contributed by atoms with Crippen molar-refractivity contribution < 1.29 is 17.0 Å². The Hall–Kier alpha value is 1.13. The van der Waals surface area contributed by atoms with E-state index in [1.165, 1.54) is 68.7 Å². The van der Waals surface area contributed by atoms with Gasteiger partial charge < -0.3 is 17.0 Å². The van der Waals surface area contributed by atoms with Crippen LogP contribution in [0.3, 0.4) is 0 Å². The normalized spacial score (nSPS) is 12.3. The minimum absolute atomic E-state index is 0. The van der Waals surface area contributed by atoms with Gasteiger partial charge in [-0.05, 0) is 32.3 Å². The lowest BCUT2D eigenvalue weighted by molar-refractivity contribution is -0.00000432. The van der Waals surface area contributed by atoms with Crippen LogP contribution in [0.4, 0.5) is 0 Å². The van der Waals surface area contributed by atoms with Crippen LogP contribution < -0.4 is 17.0 Å². The smallest absolute Gasteiger partial charge is 0.0776 e. The van der Waals surface area contributed by atoms with Crippen molar-refractivity contribution in [2.45, 2.75) is 66.2 Å². The van der Waals surface area contributed by atoms with Crippen molar-refractivity contribution in [3.05, 3.63) is 11.6 Å². The predicted molar refractivity (Wildman–Crippen MR) is 98.7 cm³/mol. The molecule has 0 spiro atoms. The zero-order chi connectivity index (χ0) is 14.6. The Bertz CT molecular complexity index is 217. The summed E-state index contributed by atoms with van der Waals surface area (Å²) < 4.78 is 0. The van der Waals surface area contributed by atoms with Crippen molar-refractivity contribution in [1.82, 2.24) is 0 Å². The number of halogens is 2. The molecular weight excluding hydrogens is 395 g/mol. The highest BCUT2D eigenvalue weighted by atomic mass is 79.9. The zero-order valence-corrected chi connectivity index (χ0v) is 18.1. The molecule has 0 aliphatic heterocycles. The number of allylic oxidation sites excluding steroid dienone is 2. The van der Waals surface area contributed by atoms with E-state index >= 15 is 0 Å². The van der Waals surface area contributed by atoms with Crippen molar-refractivity contribution in [3.8, 4) is 0 Å². The zero-order valence-electron chi connectivity index (χ0n) is 14.1. The fourth-order valence-electron chi connectivity index (χ4n) is 2.49. The Kier molecular flexibility index (Phi) is 17.6. The number of unbranched alkanes of at least 4 members (excludes halogenated alkanes) is 3. The second-order valence-corrected chi connectivity index (χ2v) is 10.9. The molecular formula is C17H35Br2P. The van der Waals surface area contributed by atoms with Crippen molar-refractivity contribution in [1.29, 1.82) is 0 Å². The Labute approximate surface area is 147 Å². The molecule has 0 N–H and O–H groups in total. The summed E-state index contributed by atoms with van der Waals surface area (Å²) in [6.07, 6.45) is 17.0. The lowest BCUT2D eigenvalue weighted by Crippen LogP contribution is -3.00. The maximum atomic E-state index is 3.58. The van der Waals surface area contributed by atoms with Crippen LogP contribution >= 0.6 is 23.2 Å². The molecule has 20 heavy (non-hydrogen) atoms. The highest BCUT2D eigenvalue weighted by Gasteiger charge is 2.34. The Morgan fingerprint density at radius 1 is 0.900 bits per heavy atom. The van der Waals surface area contributed by atoms with Crippen LogP contribution in [0.25, 0.3) is 0 Å². The summed E-state index contributed by atoms with van der Waals surface area (Å²) in [5, 5.41) is 1.04. The van der Waals surface area contributed by atoms with Gasteiger partial charge in [-0.25, -0.2) is 0 Å². The van der Waals surface area contributed by atoms with E-state index < -0.39 is 7.26 Å². The van der Waals surface area contributed by atoms with Crippen LogP contribution in [0.15, 0.2) is 11.6 Å². The summed E-state index contributed by atoms with van der Waals surface area (Å²) in [4.78, 5) is 0. The van der Waals surface area contributed by atoms with Gasteiger partial charge in [0.15, 0.2) is 0 Å². The Morgan fingerprint density at radius 3 is 1.60 bits per heavy atom. The summed E-state index contributed by atoms with van der Waals surface area (Å²) in [6.45, 7) is 9.29. The largest absolute Gasteiger partial charge is 1.00 e. The molecule has 0 unspecified atom stereocenters. The first kappa shape index (κ1) is 23.4. The van der Waals surface area contributed by atoms with Gasteiger partial charge in [0.05, 0.1) is 24.6 Å². The number of alkyl halides is 1. The highest BCUT2D eigenvalue weighted by molar-refractivity contribution is 9.09. The minimum atomic E-state index is -0.710. The molecule has 0 radical (unpaired) electrons. The van der Waals surface area contributed by atoms with E-state index in [0.717, 1.165) is 5.33 Å². The first-order valence-corrected chi connectivity index (χ1v) is 11.9. The van der Waals surface area contributed by atoms with Gasteiger partial charge in [0.1, 0.15) is 0 Å². The average molecular weight is 430 g/mol. The lowest BCUT2D eigenvalue weighted by atomic mass is 10.3. The molecule has 0 rings (SSSR count). The highest BCUT2D eigenvalue weighted by Crippen LogP contribution is 2.60. The van der Waals surface area contributed by atoms with Crippen molar-refractivity contribution in [2.24, 2.45) is 0 Å². The maximum Gasteiger partial charge on any atom is 0.0776 e. The third-order valence-electron chi connectivity index (χ3n) is 4.00. The molecule has 3 heteroatoms. The quantitative estimate of drug-likeness (QED) is 0.252. The first-order chi connectivity index (χ1) is 9.14. The van der Waals surface area contributed by atoms with E-state index in [-0.39, 0.29) is 17.0 Å². The summed E-state index contributed by atoms with van der Waals surface area (Å²) in [5.41, 5.74) is 1.52. The molecule has 0 fully saturated rings. The van der Waals surface area contributed by atoms with Gasteiger partial charge in [-0.15, -0.1) is 0 Å². The molecule has 0 saturated carbocycles. The van der Waals surface area contributed by atoms with Crippen molar-refractivity contribution >= 4 is 23.2 Å². The van der Waals surface area contributed by atoms with Gasteiger partial charge in [-0.3, -0.25) is 0 Å². The van der Waals surface area contributed by atoms with Gasteiger partial charge >= 0.3 is 0 Å². The third-order valence-corrected chi connectivity index (χ3v) is 9.63. The van der Waals surface area contributed by atoms with E-state index in [2.05, 4.69) is 49.7 Å². The molecule has 122 valence electrons. The minimum Gasteiger partial charge on any atom is -1.00 e. The van der Waals surface area contributed by atoms with E-state index in [0.29, 0.717) is 0 Å². The second kappa shape index (κ2) is 15.0. The third kappa shape index (κ3) is 10.8. The fourth-order valence-corrected chi connectivity index (χ4v) is 7.60. The molecule has 0 aliphatic carbocycles. The van der Waals surface area contributed by atoms with Gasteiger partial charge in [0, 0.05) is 12.6 Å². The van der Waals surface area contributed by atoms with Crippen LogP contribution in [0.1, 0.15) is 66.2 Å². The van der Waals surface area contributed by atoms with Crippen LogP contribution in [-0.2, 0) is 0 Å². The van der Waals surface area contributed by atoms with Crippen LogP contribution in [-0.4, -0.2) is 30.0 Å². The average Bonchev–Trinajstić information content (AvgIpc) is 2.45. The van der Waals surface area contributed by atoms with Crippen LogP contribution in [0.5, 0.6) is 0 Å². The SMILES string of the molecule is CCCC[P+](CC=C(C)CBr)(CCCC)CCCC.[Br-]. The Morgan fingerprint density at radius 2 is 1.30 bits per heavy atom. The summed E-state index contributed by atoms with van der Waals surface area (Å²) in [5.74, 6) is 0. The Balaban J connectivity index is 0. The molecule has 0 aromatic heterocycles. The number of rotatable bonds is 12. The molecule has 0 heterocycles. The van der Waals surface area contributed by atoms with Gasteiger partial charge in [-0.2, -0.15) is 0 Å². The van der Waals surface area contributed by atoms with E-state index in [9.17, 15) is 0 Å². The molecule has 0 amide bonds. The van der Waals surface area contributed by atoms with E-state index in [1.807, 2.05) is 0 Å². The number of hydrogen-bond acceptors (Lipinski definition) is 0. The van der Waals surface area contributed by atoms with Crippen molar-refractivity contribution in [3.63, 3.8) is 0 Å². The van der Waals surface area contributed by atoms with Crippen molar-refractivity contribution in [2.75, 3.05) is 30.0 Å². The monoisotopic (exact) mass is 428 g/mol. The molecule has 0 nitrogen and oxygen atoms in total. The van der Waals surface area contributed by atoms with Crippen LogP contribution in [0, 0.1) is 0 Å². The summed E-state index contributed by atoms with van der Waals surface area (Å²) >= 11 is 3.58. The summed E-state index contributed by atoms with van der Waals surface area (Å²) in [6, 6.07) is 0.